The molecule has 0 aliphatic heterocycles. The molecule has 0 bridgehead atoms. The van der Waals surface area contributed by atoms with Crippen LogP contribution in [0.4, 0.5) is 5.69 Å². The van der Waals surface area contributed by atoms with E-state index >= 15 is 0 Å². The van der Waals surface area contributed by atoms with Crippen molar-refractivity contribution >= 4 is 23.1 Å². The van der Waals surface area contributed by atoms with E-state index in [4.69, 9.17) is 11.6 Å². The van der Waals surface area contributed by atoms with E-state index in [1.54, 1.807) is 36.4 Å². The first-order valence-electron chi connectivity index (χ1n) is 5.59. The molecule has 0 fully saturated rings. The van der Waals surface area contributed by atoms with Crippen LogP contribution >= 0.6 is 11.6 Å². The molecule has 0 saturated carbocycles. The summed E-state index contributed by atoms with van der Waals surface area (Å²) in [5.74, 6) is -0.197. The second kappa shape index (κ2) is 5.63. The average molecular weight is 276 g/mol. The molecule has 0 saturated heterocycles. The summed E-state index contributed by atoms with van der Waals surface area (Å²) >= 11 is 5.95. The van der Waals surface area contributed by atoms with E-state index in [-0.39, 0.29) is 28.5 Å². The third-order valence-electron chi connectivity index (χ3n) is 2.72. The van der Waals surface area contributed by atoms with Gasteiger partial charge in [-0.05, 0) is 6.07 Å². The van der Waals surface area contributed by atoms with Crippen molar-refractivity contribution in [2.24, 2.45) is 0 Å². The molecule has 0 spiro atoms. The van der Waals surface area contributed by atoms with Gasteiger partial charge in [-0.25, -0.2) is 0 Å². The number of nitro benzene ring substituents is 1. The Hall–Kier alpha value is -2.20. The van der Waals surface area contributed by atoms with Gasteiger partial charge < -0.3 is 0 Å². The predicted octanol–water partition coefficient (Wildman–Crippen LogP) is 3.67. The SMILES string of the molecule is O=C(Cc1c(Cl)cccc1[N+](=O)[O-])c1ccccc1. The Morgan fingerprint density at radius 1 is 1.11 bits per heavy atom. The van der Waals surface area contributed by atoms with E-state index in [1.165, 1.54) is 12.1 Å². The highest BCUT2D eigenvalue weighted by Crippen LogP contribution is 2.27. The maximum absolute atomic E-state index is 12.1. The maximum Gasteiger partial charge on any atom is 0.274 e. The second-order valence-electron chi connectivity index (χ2n) is 3.96. The van der Waals surface area contributed by atoms with Crippen LogP contribution in [0.2, 0.25) is 5.02 Å². The van der Waals surface area contributed by atoms with Gasteiger partial charge in [-0.3, -0.25) is 14.9 Å². The van der Waals surface area contributed by atoms with Gasteiger partial charge in [0.1, 0.15) is 0 Å². The molecule has 2 aromatic rings. The van der Waals surface area contributed by atoms with Crippen LogP contribution in [-0.2, 0) is 6.42 Å². The second-order valence-corrected chi connectivity index (χ2v) is 4.37. The normalized spacial score (nSPS) is 10.2. The maximum atomic E-state index is 12.1. The number of carbonyl (C=O) groups is 1. The number of rotatable bonds is 4. The standard InChI is InChI=1S/C14H10ClNO3/c15-12-7-4-8-13(16(18)19)11(12)9-14(17)10-5-2-1-3-6-10/h1-8H,9H2. The van der Waals surface area contributed by atoms with Gasteiger partial charge in [0.2, 0.25) is 0 Å². The van der Waals surface area contributed by atoms with E-state index in [0.717, 1.165) is 0 Å². The lowest BCUT2D eigenvalue weighted by Gasteiger charge is -2.05. The first kappa shape index (κ1) is 13.2. The quantitative estimate of drug-likeness (QED) is 0.486. The molecule has 2 aromatic carbocycles. The summed E-state index contributed by atoms with van der Waals surface area (Å²) in [5, 5.41) is 11.2. The zero-order valence-corrected chi connectivity index (χ0v) is 10.6. The van der Waals surface area contributed by atoms with Gasteiger partial charge in [0.15, 0.2) is 5.78 Å². The summed E-state index contributed by atoms with van der Waals surface area (Å²) in [6.45, 7) is 0. The van der Waals surface area contributed by atoms with Gasteiger partial charge in [0.25, 0.3) is 5.69 Å². The predicted molar refractivity (Wildman–Crippen MR) is 72.6 cm³/mol. The van der Waals surface area contributed by atoms with Gasteiger partial charge in [-0.15, -0.1) is 0 Å². The number of ketones is 1. The molecule has 0 atom stereocenters. The Labute approximate surface area is 114 Å². The molecular formula is C14H10ClNO3. The van der Waals surface area contributed by atoms with Crippen LogP contribution in [0.1, 0.15) is 15.9 Å². The zero-order valence-electron chi connectivity index (χ0n) is 9.88. The molecule has 4 nitrogen and oxygen atoms in total. The summed E-state index contributed by atoms with van der Waals surface area (Å²) in [7, 11) is 0. The number of nitro groups is 1. The monoisotopic (exact) mass is 275 g/mol. The van der Waals surface area contributed by atoms with E-state index < -0.39 is 4.92 Å². The third kappa shape index (κ3) is 2.98. The van der Waals surface area contributed by atoms with Crippen molar-refractivity contribution in [1.29, 1.82) is 0 Å². The highest BCUT2D eigenvalue weighted by atomic mass is 35.5. The Morgan fingerprint density at radius 3 is 2.42 bits per heavy atom. The molecule has 0 N–H and O–H groups in total. The van der Waals surface area contributed by atoms with Gasteiger partial charge >= 0.3 is 0 Å². The van der Waals surface area contributed by atoms with Crippen molar-refractivity contribution in [3.8, 4) is 0 Å². The van der Waals surface area contributed by atoms with Crippen molar-refractivity contribution in [2.45, 2.75) is 6.42 Å². The van der Waals surface area contributed by atoms with Crippen LogP contribution < -0.4 is 0 Å². The van der Waals surface area contributed by atoms with E-state index in [1.807, 2.05) is 0 Å². The molecule has 19 heavy (non-hydrogen) atoms. The number of benzene rings is 2. The molecule has 0 heterocycles. The van der Waals surface area contributed by atoms with E-state index in [0.29, 0.717) is 5.56 Å². The number of carbonyl (C=O) groups excluding carboxylic acids is 1. The van der Waals surface area contributed by atoms with Crippen molar-refractivity contribution in [2.75, 3.05) is 0 Å². The van der Waals surface area contributed by atoms with Gasteiger partial charge in [0.05, 0.1) is 15.5 Å². The van der Waals surface area contributed by atoms with Gasteiger partial charge in [0, 0.05) is 18.1 Å². The van der Waals surface area contributed by atoms with Crippen LogP contribution in [0.5, 0.6) is 0 Å². The van der Waals surface area contributed by atoms with Crippen LogP contribution in [0.25, 0.3) is 0 Å². The summed E-state index contributed by atoms with van der Waals surface area (Å²) < 4.78 is 0. The molecule has 0 radical (unpaired) electrons. The third-order valence-corrected chi connectivity index (χ3v) is 3.08. The summed E-state index contributed by atoms with van der Waals surface area (Å²) in [4.78, 5) is 22.5. The van der Waals surface area contributed by atoms with Crippen molar-refractivity contribution in [1.82, 2.24) is 0 Å². The van der Waals surface area contributed by atoms with Crippen LogP contribution in [-0.4, -0.2) is 10.7 Å². The molecule has 5 heteroatoms. The molecule has 0 amide bonds. The smallest absolute Gasteiger partial charge is 0.274 e. The minimum absolute atomic E-state index is 0.0833. The van der Waals surface area contributed by atoms with E-state index in [9.17, 15) is 14.9 Å². The van der Waals surface area contributed by atoms with Crippen LogP contribution in [0.15, 0.2) is 48.5 Å². The lowest BCUT2D eigenvalue weighted by Crippen LogP contribution is -2.06. The lowest BCUT2D eigenvalue weighted by molar-refractivity contribution is -0.385. The van der Waals surface area contributed by atoms with Crippen LogP contribution in [0.3, 0.4) is 0 Å². The first-order chi connectivity index (χ1) is 9.09. The molecule has 0 unspecified atom stereocenters. The summed E-state index contributed by atoms with van der Waals surface area (Å²) in [6, 6.07) is 13.0. The topological polar surface area (TPSA) is 60.2 Å². The summed E-state index contributed by atoms with van der Waals surface area (Å²) in [6.07, 6.45) is -0.0833. The Bertz CT molecular complexity index is 626. The molecule has 0 aliphatic rings. The number of hydrogen-bond acceptors (Lipinski definition) is 3. The minimum Gasteiger partial charge on any atom is -0.294 e. The van der Waals surface area contributed by atoms with Gasteiger partial charge in [-0.2, -0.15) is 0 Å². The highest BCUT2D eigenvalue weighted by Gasteiger charge is 2.19. The molecule has 96 valence electrons. The first-order valence-corrected chi connectivity index (χ1v) is 5.97. The molecular weight excluding hydrogens is 266 g/mol. The van der Waals surface area contributed by atoms with Crippen molar-refractivity contribution in [3.05, 3.63) is 74.8 Å². The Morgan fingerprint density at radius 2 is 1.79 bits per heavy atom. The largest absolute Gasteiger partial charge is 0.294 e. The van der Waals surface area contributed by atoms with Crippen molar-refractivity contribution in [3.63, 3.8) is 0 Å². The Balaban J connectivity index is 2.34. The Kier molecular flexibility index (Phi) is 3.92. The molecule has 0 aliphatic carbocycles. The number of hydrogen-bond donors (Lipinski definition) is 0. The molecule has 2 rings (SSSR count). The number of nitrogens with zero attached hydrogens (tertiary/aromatic N) is 1. The number of halogens is 1. The fourth-order valence-electron chi connectivity index (χ4n) is 1.78. The van der Waals surface area contributed by atoms with Crippen LogP contribution in [0, 0.1) is 10.1 Å². The fourth-order valence-corrected chi connectivity index (χ4v) is 2.02. The lowest BCUT2D eigenvalue weighted by atomic mass is 10.0. The zero-order chi connectivity index (χ0) is 13.8. The number of Topliss-reactive ketones (excluding diaryl/α,β-unsaturated/α-hetero) is 1. The van der Waals surface area contributed by atoms with E-state index in [2.05, 4.69) is 0 Å². The van der Waals surface area contributed by atoms with Crippen molar-refractivity contribution < 1.29 is 9.72 Å². The minimum atomic E-state index is -0.528. The average Bonchev–Trinajstić information content (AvgIpc) is 2.41. The molecule has 0 aromatic heterocycles. The highest BCUT2D eigenvalue weighted by molar-refractivity contribution is 6.32. The fraction of sp³-hybridized carbons (Fsp3) is 0.0714. The van der Waals surface area contributed by atoms with Gasteiger partial charge in [-0.1, -0.05) is 48.0 Å². The summed E-state index contributed by atoms with van der Waals surface area (Å²) in [5.41, 5.74) is 0.636.